The summed E-state index contributed by atoms with van der Waals surface area (Å²) in [5, 5.41) is 5.83. The zero-order chi connectivity index (χ0) is 12.3. The molecule has 0 bridgehead atoms. The van der Waals surface area contributed by atoms with Crippen molar-refractivity contribution in [2.45, 2.75) is 13.1 Å². The molecule has 0 saturated carbocycles. The largest absolute Gasteiger partial charge is 0.308 e. The zero-order valence-electron chi connectivity index (χ0n) is 8.84. The predicted molar refractivity (Wildman–Crippen MR) is 74.0 cm³/mol. The van der Waals surface area contributed by atoms with Gasteiger partial charge in [-0.2, -0.15) is 0 Å². The van der Waals surface area contributed by atoms with Gasteiger partial charge in [0.05, 0.1) is 5.02 Å². The van der Waals surface area contributed by atoms with Crippen LogP contribution in [0.15, 0.2) is 34.1 Å². The van der Waals surface area contributed by atoms with Gasteiger partial charge in [0.1, 0.15) is 5.82 Å². The Morgan fingerprint density at radius 1 is 1.29 bits per heavy atom. The fourth-order valence-corrected chi connectivity index (χ4v) is 2.90. The third-order valence-electron chi connectivity index (χ3n) is 2.24. The van der Waals surface area contributed by atoms with E-state index in [4.69, 9.17) is 11.6 Å². The van der Waals surface area contributed by atoms with Crippen LogP contribution in [-0.2, 0) is 13.1 Å². The highest BCUT2D eigenvalue weighted by molar-refractivity contribution is 9.10. The maximum absolute atomic E-state index is 13.4. The molecule has 0 aliphatic carbocycles. The van der Waals surface area contributed by atoms with Crippen molar-refractivity contribution in [1.29, 1.82) is 0 Å². The van der Waals surface area contributed by atoms with E-state index in [1.807, 2.05) is 11.4 Å². The number of benzene rings is 1. The van der Waals surface area contributed by atoms with Gasteiger partial charge in [0.25, 0.3) is 0 Å². The number of hydrogen-bond acceptors (Lipinski definition) is 2. The molecule has 0 unspecified atom stereocenters. The van der Waals surface area contributed by atoms with E-state index in [9.17, 15) is 4.39 Å². The lowest BCUT2D eigenvalue weighted by Crippen LogP contribution is -2.12. The molecule has 0 spiro atoms. The third kappa shape index (κ3) is 3.78. The predicted octanol–water partition coefficient (Wildman–Crippen LogP) is 4.59. The second kappa shape index (κ2) is 5.96. The molecule has 1 heterocycles. The maximum Gasteiger partial charge on any atom is 0.127 e. The summed E-state index contributed by atoms with van der Waals surface area (Å²) >= 11 is 10.7. The maximum atomic E-state index is 13.4. The van der Waals surface area contributed by atoms with Crippen molar-refractivity contribution in [1.82, 2.24) is 5.32 Å². The second-order valence-corrected chi connectivity index (χ2v) is 5.92. The van der Waals surface area contributed by atoms with Crippen LogP contribution in [0.4, 0.5) is 4.39 Å². The Morgan fingerprint density at radius 2 is 2.12 bits per heavy atom. The summed E-state index contributed by atoms with van der Waals surface area (Å²) in [6, 6.07) is 6.85. The van der Waals surface area contributed by atoms with Gasteiger partial charge in [-0.1, -0.05) is 27.5 Å². The minimum atomic E-state index is -0.190. The van der Waals surface area contributed by atoms with E-state index >= 15 is 0 Å². The fourth-order valence-electron chi connectivity index (χ4n) is 1.45. The minimum Gasteiger partial charge on any atom is -0.308 e. The number of nitrogens with one attached hydrogen (secondary N) is 1. The first kappa shape index (κ1) is 13.0. The molecule has 90 valence electrons. The first-order valence-corrected chi connectivity index (χ1v) is 7.08. The van der Waals surface area contributed by atoms with Crippen molar-refractivity contribution in [2.75, 3.05) is 0 Å². The van der Waals surface area contributed by atoms with Crippen LogP contribution < -0.4 is 5.32 Å². The van der Waals surface area contributed by atoms with E-state index in [2.05, 4.69) is 21.2 Å². The summed E-state index contributed by atoms with van der Waals surface area (Å²) < 4.78 is 14.3. The van der Waals surface area contributed by atoms with Gasteiger partial charge < -0.3 is 5.32 Å². The fraction of sp³-hybridized carbons (Fsp3) is 0.167. The van der Waals surface area contributed by atoms with Gasteiger partial charge in [-0.3, -0.25) is 0 Å². The smallest absolute Gasteiger partial charge is 0.127 e. The van der Waals surface area contributed by atoms with Gasteiger partial charge in [-0.05, 0) is 24.3 Å². The normalized spacial score (nSPS) is 10.8. The zero-order valence-corrected chi connectivity index (χ0v) is 12.0. The second-order valence-electron chi connectivity index (χ2n) is 3.57. The first-order valence-electron chi connectivity index (χ1n) is 5.03. The van der Waals surface area contributed by atoms with Crippen LogP contribution >= 0.6 is 38.9 Å². The highest BCUT2D eigenvalue weighted by Crippen LogP contribution is 2.19. The summed E-state index contributed by atoms with van der Waals surface area (Å²) in [7, 11) is 0. The summed E-state index contributed by atoms with van der Waals surface area (Å²) in [5.74, 6) is -0.190. The van der Waals surface area contributed by atoms with Crippen molar-refractivity contribution in [3.63, 3.8) is 0 Å². The number of halogens is 3. The van der Waals surface area contributed by atoms with E-state index in [0.29, 0.717) is 18.7 Å². The van der Waals surface area contributed by atoms with E-state index in [-0.39, 0.29) is 5.82 Å². The lowest BCUT2D eigenvalue weighted by atomic mass is 10.2. The van der Waals surface area contributed by atoms with Crippen LogP contribution in [0.1, 0.15) is 10.4 Å². The van der Waals surface area contributed by atoms with Gasteiger partial charge in [0.15, 0.2) is 0 Å². The van der Waals surface area contributed by atoms with Gasteiger partial charge in [-0.15, -0.1) is 11.3 Å². The first-order chi connectivity index (χ1) is 8.15. The lowest BCUT2D eigenvalue weighted by Gasteiger charge is -2.05. The molecular weight excluding hydrogens is 325 g/mol. The molecule has 1 aromatic carbocycles. The standard InChI is InChI=1S/C12H10BrClFNS/c13-9-1-2-12(15)8(3-9)5-16-6-11-4-10(14)7-17-11/h1-4,7,16H,5-6H2. The molecule has 1 nitrogen and oxygen atoms in total. The molecule has 0 radical (unpaired) electrons. The van der Waals surface area contributed by atoms with Crippen molar-refractivity contribution in [2.24, 2.45) is 0 Å². The summed E-state index contributed by atoms with van der Waals surface area (Å²) in [6.45, 7) is 1.20. The Kier molecular flexibility index (Phi) is 4.56. The van der Waals surface area contributed by atoms with E-state index in [1.54, 1.807) is 23.5 Å². The average Bonchev–Trinajstić information content (AvgIpc) is 2.69. The molecule has 0 aliphatic rings. The van der Waals surface area contributed by atoms with Crippen molar-refractivity contribution >= 4 is 38.9 Å². The molecule has 0 atom stereocenters. The highest BCUT2D eigenvalue weighted by atomic mass is 79.9. The van der Waals surface area contributed by atoms with E-state index in [1.165, 1.54) is 6.07 Å². The Bertz CT molecular complexity index is 515. The third-order valence-corrected chi connectivity index (χ3v) is 4.02. The van der Waals surface area contributed by atoms with Crippen LogP contribution in [-0.4, -0.2) is 0 Å². The van der Waals surface area contributed by atoms with Crippen molar-refractivity contribution in [3.8, 4) is 0 Å². The summed E-state index contributed by atoms with van der Waals surface area (Å²) in [5.41, 5.74) is 0.655. The van der Waals surface area contributed by atoms with Crippen LogP contribution in [0.25, 0.3) is 0 Å². The van der Waals surface area contributed by atoms with Gasteiger partial charge >= 0.3 is 0 Å². The molecule has 17 heavy (non-hydrogen) atoms. The van der Waals surface area contributed by atoms with Gasteiger partial charge in [-0.25, -0.2) is 4.39 Å². The van der Waals surface area contributed by atoms with Crippen LogP contribution in [0.3, 0.4) is 0 Å². The number of thiophene rings is 1. The molecule has 0 aliphatic heterocycles. The van der Waals surface area contributed by atoms with E-state index < -0.39 is 0 Å². The van der Waals surface area contributed by atoms with Crippen molar-refractivity contribution < 1.29 is 4.39 Å². The Hall–Kier alpha value is -0.420. The van der Waals surface area contributed by atoms with Crippen molar-refractivity contribution in [3.05, 3.63) is 55.4 Å². The molecule has 1 N–H and O–H groups in total. The monoisotopic (exact) mass is 333 g/mol. The number of rotatable bonds is 4. The molecular formula is C12H10BrClFNS. The molecule has 5 heteroatoms. The summed E-state index contributed by atoms with van der Waals surface area (Å²) in [6.07, 6.45) is 0. The topological polar surface area (TPSA) is 12.0 Å². The van der Waals surface area contributed by atoms with Gasteiger partial charge in [0, 0.05) is 33.4 Å². The highest BCUT2D eigenvalue weighted by Gasteiger charge is 2.03. The Morgan fingerprint density at radius 3 is 2.82 bits per heavy atom. The SMILES string of the molecule is Fc1ccc(Br)cc1CNCc1cc(Cl)cs1. The van der Waals surface area contributed by atoms with Crippen LogP contribution in [0, 0.1) is 5.82 Å². The Labute approximate surface area is 117 Å². The van der Waals surface area contributed by atoms with E-state index in [0.717, 1.165) is 14.4 Å². The Balaban J connectivity index is 1.91. The molecule has 1 aromatic heterocycles. The van der Waals surface area contributed by atoms with Crippen LogP contribution in [0.2, 0.25) is 5.02 Å². The average molecular weight is 335 g/mol. The molecule has 2 rings (SSSR count). The molecule has 0 saturated heterocycles. The quantitative estimate of drug-likeness (QED) is 0.862. The minimum absolute atomic E-state index is 0.190. The van der Waals surface area contributed by atoms with Crippen LogP contribution in [0.5, 0.6) is 0 Å². The number of hydrogen-bond donors (Lipinski definition) is 1. The van der Waals surface area contributed by atoms with Gasteiger partial charge in [0.2, 0.25) is 0 Å². The summed E-state index contributed by atoms with van der Waals surface area (Å²) in [4.78, 5) is 1.14. The molecule has 0 fully saturated rings. The molecule has 2 aromatic rings. The molecule has 0 amide bonds. The lowest BCUT2D eigenvalue weighted by molar-refractivity contribution is 0.588.